The summed E-state index contributed by atoms with van der Waals surface area (Å²) in [5.74, 6) is -0.174. The molecule has 4 heteroatoms. The number of carbonyl (C=O) groups is 1. The Labute approximate surface area is 98.4 Å². The minimum Gasteiger partial charge on any atom is -0.466 e. The van der Waals surface area contributed by atoms with E-state index in [4.69, 9.17) is 9.84 Å². The number of carbonyl (C=O) groups excluding carboxylic acids is 1. The Morgan fingerprint density at radius 1 is 1.44 bits per heavy atom. The first-order chi connectivity index (χ1) is 7.41. The van der Waals surface area contributed by atoms with Gasteiger partial charge in [-0.05, 0) is 18.8 Å². The molecule has 0 bridgehead atoms. The summed E-state index contributed by atoms with van der Waals surface area (Å²) in [6.45, 7) is 9.34. The zero-order valence-electron chi connectivity index (χ0n) is 10.9. The summed E-state index contributed by atoms with van der Waals surface area (Å²) >= 11 is 0. The molecule has 0 heterocycles. The average Bonchev–Trinajstić information content (AvgIpc) is 2.15. The summed E-state index contributed by atoms with van der Waals surface area (Å²) < 4.78 is 4.84. The first kappa shape index (κ1) is 15.4. The monoisotopic (exact) mass is 231 g/mol. The fourth-order valence-corrected chi connectivity index (χ4v) is 1.55. The van der Waals surface area contributed by atoms with Crippen LogP contribution in [0, 0.1) is 5.41 Å². The fraction of sp³-hybridized carbons (Fsp3) is 0.917. The highest BCUT2D eigenvalue weighted by molar-refractivity contribution is 5.69. The molecule has 1 unspecified atom stereocenters. The maximum Gasteiger partial charge on any atom is 0.307 e. The lowest BCUT2D eigenvalue weighted by molar-refractivity contribution is -0.143. The first-order valence-corrected chi connectivity index (χ1v) is 5.91. The molecule has 0 aromatic heterocycles. The smallest absolute Gasteiger partial charge is 0.307 e. The van der Waals surface area contributed by atoms with Gasteiger partial charge in [-0.1, -0.05) is 20.8 Å². The van der Waals surface area contributed by atoms with Gasteiger partial charge >= 0.3 is 5.97 Å². The minimum atomic E-state index is -0.174. The van der Waals surface area contributed by atoms with Gasteiger partial charge < -0.3 is 15.2 Å². The molecule has 2 N–H and O–H groups in total. The molecule has 0 fully saturated rings. The summed E-state index contributed by atoms with van der Waals surface area (Å²) in [7, 11) is 0. The molecule has 1 atom stereocenters. The zero-order valence-corrected chi connectivity index (χ0v) is 10.9. The second kappa shape index (κ2) is 7.63. The van der Waals surface area contributed by atoms with E-state index in [9.17, 15) is 4.79 Å². The fourth-order valence-electron chi connectivity index (χ4n) is 1.55. The van der Waals surface area contributed by atoms with Crippen molar-refractivity contribution < 1.29 is 14.6 Å². The van der Waals surface area contributed by atoms with Crippen molar-refractivity contribution >= 4 is 5.97 Å². The van der Waals surface area contributed by atoms with Gasteiger partial charge in [-0.2, -0.15) is 0 Å². The van der Waals surface area contributed by atoms with Crippen LogP contribution in [0.4, 0.5) is 0 Å². The zero-order chi connectivity index (χ0) is 12.6. The molecule has 0 amide bonds. The lowest BCUT2D eigenvalue weighted by atomic mass is 9.85. The third kappa shape index (κ3) is 6.80. The Morgan fingerprint density at radius 3 is 2.50 bits per heavy atom. The van der Waals surface area contributed by atoms with Crippen molar-refractivity contribution in [3.63, 3.8) is 0 Å². The Hall–Kier alpha value is -0.610. The van der Waals surface area contributed by atoms with Crippen LogP contribution in [0.2, 0.25) is 0 Å². The van der Waals surface area contributed by atoms with Gasteiger partial charge in [-0.15, -0.1) is 0 Å². The van der Waals surface area contributed by atoms with Crippen molar-refractivity contribution in [2.45, 2.75) is 46.6 Å². The molecule has 4 nitrogen and oxygen atoms in total. The van der Waals surface area contributed by atoms with Crippen LogP contribution < -0.4 is 5.32 Å². The largest absolute Gasteiger partial charge is 0.466 e. The van der Waals surface area contributed by atoms with E-state index in [0.29, 0.717) is 26.0 Å². The van der Waals surface area contributed by atoms with Gasteiger partial charge in [0.05, 0.1) is 13.0 Å². The quantitative estimate of drug-likeness (QED) is 0.649. The van der Waals surface area contributed by atoms with E-state index < -0.39 is 0 Å². The van der Waals surface area contributed by atoms with Gasteiger partial charge in [0.2, 0.25) is 0 Å². The highest BCUT2D eigenvalue weighted by Gasteiger charge is 2.23. The summed E-state index contributed by atoms with van der Waals surface area (Å²) in [6, 6.07) is 0.215. The molecule has 0 aliphatic carbocycles. The van der Waals surface area contributed by atoms with Crippen molar-refractivity contribution in [2.75, 3.05) is 19.8 Å². The highest BCUT2D eigenvalue weighted by atomic mass is 16.5. The Morgan fingerprint density at radius 2 is 2.06 bits per heavy atom. The maximum absolute atomic E-state index is 11.1. The van der Waals surface area contributed by atoms with E-state index in [1.165, 1.54) is 0 Å². The highest BCUT2D eigenvalue weighted by Crippen LogP contribution is 2.21. The third-order valence-corrected chi connectivity index (χ3v) is 2.49. The molecule has 0 aromatic rings. The Kier molecular flexibility index (Phi) is 7.34. The van der Waals surface area contributed by atoms with Gasteiger partial charge in [-0.25, -0.2) is 0 Å². The van der Waals surface area contributed by atoms with Crippen molar-refractivity contribution in [3.8, 4) is 0 Å². The number of hydrogen-bond acceptors (Lipinski definition) is 4. The van der Waals surface area contributed by atoms with Crippen LogP contribution in [0.5, 0.6) is 0 Å². The molecule has 0 rings (SSSR count). The van der Waals surface area contributed by atoms with E-state index in [-0.39, 0.29) is 24.0 Å². The van der Waals surface area contributed by atoms with Crippen LogP contribution in [-0.2, 0) is 9.53 Å². The molecule has 0 aliphatic rings. The predicted octanol–water partition coefficient (Wildman–Crippen LogP) is 1.33. The minimum absolute atomic E-state index is 0.0807. The summed E-state index contributed by atoms with van der Waals surface area (Å²) in [5.41, 5.74) is 0.0807. The first-order valence-electron chi connectivity index (χ1n) is 5.91. The number of ether oxygens (including phenoxy) is 1. The number of rotatable bonds is 7. The van der Waals surface area contributed by atoms with Crippen molar-refractivity contribution in [1.82, 2.24) is 5.32 Å². The summed E-state index contributed by atoms with van der Waals surface area (Å²) in [5, 5.41) is 12.3. The molecule has 16 heavy (non-hydrogen) atoms. The van der Waals surface area contributed by atoms with Crippen LogP contribution in [-0.4, -0.2) is 36.9 Å². The Bertz CT molecular complexity index is 199. The van der Waals surface area contributed by atoms with E-state index >= 15 is 0 Å². The number of aliphatic hydroxyl groups excluding tert-OH is 1. The van der Waals surface area contributed by atoms with Crippen LogP contribution in [0.15, 0.2) is 0 Å². The van der Waals surface area contributed by atoms with Gasteiger partial charge in [-0.3, -0.25) is 4.79 Å². The van der Waals surface area contributed by atoms with E-state index in [2.05, 4.69) is 26.1 Å². The number of nitrogens with one attached hydrogen (secondary N) is 1. The average molecular weight is 231 g/mol. The van der Waals surface area contributed by atoms with Gasteiger partial charge in [0.15, 0.2) is 0 Å². The molecular weight excluding hydrogens is 206 g/mol. The number of esters is 1. The normalized spacial score (nSPS) is 13.6. The second-order valence-corrected chi connectivity index (χ2v) is 4.94. The topological polar surface area (TPSA) is 58.6 Å². The van der Waals surface area contributed by atoms with Crippen LogP contribution in [0.25, 0.3) is 0 Å². The van der Waals surface area contributed by atoms with Crippen LogP contribution >= 0.6 is 0 Å². The number of aliphatic hydroxyl groups is 1. The van der Waals surface area contributed by atoms with Gasteiger partial charge in [0, 0.05) is 19.2 Å². The third-order valence-electron chi connectivity index (χ3n) is 2.49. The standard InChI is InChI=1S/C12H25NO3/c1-5-16-11(15)6-8-13-10(7-9-14)12(2,3)4/h10,13-14H,5-9H2,1-4H3. The van der Waals surface area contributed by atoms with E-state index in [1.54, 1.807) is 6.92 Å². The lowest BCUT2D eigenvalue weighted by Crippen LogP contribution is -2.42. The molecule has 0 saturated heterocycles. The SMILES string of the molecule is CCOC(=O)CCNC(CCO)C(C)(C)C. The molecule has 0 radical (unpaired) electrons. The molecule has 0 saturated carbocycles. The van der Waals surface area contributed by atoms with Crippen LogP contribution in [0.1, 0.15) is 40.5 Å². The van der Waals surface area contributed by atoms with Crippen molar-refractivity contribution in [3.05, 3.63) is 0 Å². The molecule has 96 valence electrons. The number of hydrogen-bond donors (Lipinski definition) is 2. The van der Waals surface area contributed by atoms with Gasteiger partial charge in [0.1, 0.15) is 0 Å². The molecule has 0 spiro atoms. The molecule has 0 aromatic carbocycles. The van der Waals surface area contributed by atoms with E-state index in [0.717, 1.165) is 0 Å². The van der Waals surface area contributed by atoms with Crippen molar-refractivity contribution in [2.24, 2.45) is 5.41 Å². The lowest BCUT2D eigenvalue weighted by Gasteiger charge is -2.31. The van der Waals surface area contributed by atoms with Crippen LogP contribution in [0.3, 0.4) is 0 Å². The summed E-state index contributed by atoms with van der Waals surface area (Å²) in [6.07, 6.45) is 1.08. The Balaban J connectivity index is 3.90. The van der Waals surface area contributed by atoms with Gasteiger partial charge in [0.25, 0.3) is 0 Å². The van der Waals surface area contributed by atoms with Crippen molar-refractivity contribution in [1.29, 1.82) is 0 Å². The predicted molar refractivity (Wildman–Crippen MR) is 64.2 cm³/mol. The molecule has 0 aliphatic heterocycles. The summed E-state index contributed by atoms with van der Waals surface area (Å²) in [4.78, 5) is 11.1. The maximum atomic E-state index is 11.1. The second-order valence-electron chi connectivity index (χ2n) is 4.94. The van der Waals surface area contributed by atoms with E-state index in [1.807, 2.05) is 0 Å². The molecular formula is C12H25NO3.